The van der Waals surface area contributed by atoms with Gasteiger partial charge in [-0.3, -0.25) is 4.79 Å². The molecule has 1 amide bonds. The molecule has 220 valence electrons. The first-order valence-corrected chi connectivity index (χ1v) is 16.4. The van der Waals surface area contributed by atoms with E-state index in [1.54, 1.807) is 25.3 Å². The molecule has 0 radical (unpaired) electrons. The number of benzene rings is 2. The van der Waals surface area contributed by atoms with Gasteiger partial charge in [-0.05, 0) is 74.3 Å². The molecule has 6 rings (SSSR count). The molecule has 3 fully saturated rings. The van der Waals surface area contributed by atoms with E-state index in [1.165, 1.54) is 5.56 Å². The van der Waals surface area contributed by atoms with Gasteiger partial charge >= 0.3 is 0 Å². The van der Waals surface area contributed by atoms with Crippen molar-refractivity contribution in [1.82, 2.24) is 14.6 Å². The summed E-state index contributed by atoms with van der Waals surface area (Å²) in [6.07, 6.45) is 5.59. The van der Waals surface area contributed by atoms with E-state index in [-0.39, 0.29) is 22.8 Å². The lowest BCUT2D eigenvalue weighted by Crippen LogP contribution is -2.53. The van der Waals surface area contributed by atoms with Gasteiger partial charge in [-0.1, -0.05) is 35.9 Å². The third-order valence-corrected chi connectivity index (χ3v) is 11.1. The topological polar surface area (TPSA) is 101 Å². The number of piperidine rings is 1. The zero-order valence-corrected chi connectivity index (χ0v) is 25.0. The standard InChI is InChI=1S/C31H38ClN3O5S/c1-39-17-12-21-2-4-22(5-3-21)29-28(32)26-11-10-25(18-27(26)33-29)41(37,38)34-24-8-6-23(7-9-24)30(36)35-15-13-31(14-16-35)19-40-20-31/h2-5,10-11,18,23-24,33-34H,6-9,12-17,19-20H2,1H3. The molecular formula is C31H38ClN3O5S. The Morgan fingerprint density at radius 2 is 1.80 bits per heavy atom. The number of likely N-dealkylation sites (tertiary alicyclic amines) is 1. The highest BCUT2D eigenvalue weighted by molar-refractivity contribution is 7.89. The van der Waals surface area contributed by atoms with Gasteiger partial charge < -0.3 is 19.4 Å². The molecule has 1 aromatic heterocycles. The summed E-state index contributed by atoms with van der Waals surface area (Å²) in [5.74, 6) is 0.211. The lowest BCUT2D eigenvalue weighted by atomic mass is 9.76. The Bertz CT molecular complexity index is 1500. The lowest BCUT2D eigenvalue weighted by molar-refractivity contribution is -0.156. The summed E-state index contributed by atoms with van der Waals surface area (Å²) in [5.41, 5.74) is 3.84. The summed E-state index contributed by atoms with van der Waals surface area (Å²) < 4.78 is 40.1. The van der Waals surface area contributed by atoms with Crippen LogP contribution in [-0.4, -0.2) is 70.3 Å². The Balaban J connectivity index is 1.08. The average Bonchev–Trinajstić information content (AvgIpc) is 3.31. The van der Waals surface area contributed by atoms with Crippen molar-refractivity contribution >= 4 is 38.4 Å². The van der Waals surface area contributed by atoms with E-state index in [1.807, 2.05) is 29.2 Å². The highest BCUT2D eigenvalue weighted by Crippen LogP contribution is 2.39. The van der Waals surface area contributed by atoms with E-state index in [0.717, 1.165) is 62.2 Å². The van der Waals surface area contributed by atoms with Crippen LogP contribution in [0.15, 0.2) is 47.4 Å². The van der Waals surface area contributed by atoms with Crippen molar-refractivity contribution in [3.05, 3.63) is 53.1 Å². The van der Waals surface area contributed by atoms with E-state index in [2.05, 4.69) is 9.71 Å². The number of carbonyl (C=O) groups is 1. The number of rotatable bonds is 8. The van der Waals surface area contributed by atoms with Gasteiger partial charge in [0, 0.05) is 48.5 Å². The van der Waals surface area contributed by atoms with E-state index < -0.39 is 10.0 Å². The number of nitrogens with one attached hydrogen (secondary N) is 2. The van der Waals surface area contributed by atoms with Crippen LogP contribution >= 0.6 is 11.6 Å². The largest absolute Gasteiger partial charge is 0.384 e. The maximum atomic E-state index is 13.3. The van der Waals surface area contributed by atoms with Crippen LogP contribution in [0.2, 0.25) is 5.02 Å². The van der Waals surface area contributed by atoms with Crippen LogP contribution in [0.5, 0.6) is 0 Å². The minimum absolute atomic E-state index is 0.0210. The molecule has 2 aliphatic heterocycles. The maximum Gasteiger partial charge on any atom is 0.240 e. The zero-order valence-electron chi connectivity index (χ0n) is 23.5. The summed E-state index contributed by atoms with van der Waals surface area (Å²) >= 11 is 6.70. The number of aromatic nitrogens is 1. The lowest BCUT2D eigenvalue weighted by Gasteiger charge is -2.48. The van der Waals surface area contributed by atoms with Crippen molar-refractivity contribution < 1.29 is 22.7 Å². The highest BCUT2D eigenvalue weighted by atomic mass is 35.5. The van der Waals surface area contributed by atoms with Gasteiger partial charge in [0.2, 0.25) is 15.9 Å². The smallest absolute Gasteiger partial charge is 0.240 e. The number of nitrogens with zero attached hydrogens (tertiary/aromatic N) is 1. The van der Waals surface area contributed by atoms with Crippen LogP contribution in [0, 0.1) is 11.3 Å². The predicted octanol–water partition coefficient (Wildman–Crippen LogP) is 5.15. The molecule has 0 atom stereocenters. The second-order valence-electron chi connectivity index (χ2n) is 11.9. The molecule has 8 nitrogen and oxygen atoms in total. The molecule has 1 spiro atoms. The fourth-order valence-electron chi connectivity index (χ4n) is 6.45. The maximum absolute atomic E-state index is 13.3. The van der Waals surface area contributed by atoms with Gasteiger partial charge in [-0.2, -0.15) is 0 Å². The number of methoxy groups -OCH3 is 1. The number of halogens is 1. The number of ether oxygens (including phenoxy) is 2. The highest BCUT2D eigenvalue weighted by Gasteiger charge is 2.43. The van der Waals surface area contributed by atoms with Gasteiger partial charge in [0.25, 0.3) is 0 Å². The molecule has 3 heterocycles. The normalized spacial score (nSPS) is 22.6. The SMILES string of the molecule is COCCc1ccc(-c2[nH]c3cc(S(=O)(=O)NC4CCC(C(=O)N5CCC6(CC5)COC6)CC4)ccc3c2Cl)cc1. The van der Waals surface area contributed by atoms with Gasteiger partial charge in [0.05, 0.1) is 35.4 Å². The Morgan fingerprint density at radius 3 is 2.44 bits per heavy atom. The molecule has 2 aromatic carbocycles. The van der Waals surface area contributed by atoms with Crippen molar-refractivity contribution in [2.75, 3.05) is 40.0 Å². The molecule has 10 heteroatoms. The monoisotopic (exact) mass is 599 g/mol. The van der Waals surface area contributed by atoms with E-state index in [0.29, 0.717) is 48.2 Å². The fourth-order valence-corrected chi connectivity index (χ4v) is 8.10. The van der Waals surface area contributed by atoms with Gasteiger partial charge in [0.15, 0.2) is 0 Å². The number of fused-ring (bicyclic) bond motifs is 1. The number of amides is 1. The molecule has 3 aromatic rings. The molecule has 41 heavy (non-hydrogen) atoms. The number of H-pyrrole nitrogens is 1. The van der Waals surface area contributed by atoms with Crippen molar-refractivity contribution in [3.63, 3.8) is 0 Å². The molecule has 0 bridgehead atoms. The quantitative estimate of drug-likeness (QED) is 0.373. The fraction of sp³-hybridized carbons (Fsp3) is 0.516. The predicted molar refractivity (Wildman–Crippen MR) is 159 cm³/mol. The number of sulfonamides is 1. The van der Waals surface area contributed by atoms with Gasteiger partial charge in [0.1, 0.15) is 0 Å². The van der Waals surface area contributed by atoms with Crippen LogP contribution in [0.25, 0.3) is 22.2 Å². The van der Waals surface area contributed by atoms with E-state index in [4.69, 9.17) is 21.1 Å². The Morgan fingerprint density at radius 1 is 1.10 bits per heavy atom. The molecule has 3 aliphatic rings. The summed E-state index contributed by atoms with van der Waals surface area (Å²) in [6, 6.07) is 12.9. The van der Waals surface area contributed by atoms with Crippen LogP contribution in [-0.2, 0) is 30.7 Å². The molecule has 1 aliphatic carbocycles. The van der Waals surface area contributed by atoms with Gasteiger partial charge in [-0.15, -0.1) is 0 Å². The molecule has 0 unspecified atom stereocenters. The number of carbonyl (C=O) groups excluding carboxylic acids is 1. The first-order valence-electron chi connectivity index (χ1n) is 14.6. The van der Waals surface area contributed by atoms with E-state index >= 15 is 0 Å². The molecule has 2 N–H and O–H groups in total. The third kappa shape index (κ3) is 5.92. The summed E-state index contributed by atoms with van der Waals surface area (Å²) in [7, 11) is -2.05. The average molecular weight is 600 g/mol. The number of aromatic amines is 1. The molecule has 1 saturated carbocycles. The van der Waals surface area contributed by atoms with Crippen LogP contribution in [0.3, 0.4) is 0 Å². The van der Waals surface area contributed by atoms with Crippen molar-refractivity contribution in [1.29, 1.82) is 0 Å². The molecule has 2 saturated heterocycles. The second kappa shape index (κ2) is 11.7. The summed E-state index contributed by atoms with van der Waals surface area (Å²) in [5, 5.41) is 1.34. The van der Waals surface area contributed by atoms with Crippen molar-refractivity contribution in [3.8, 4) is 11.3 Å². The van der Waals surface area contributed by atoms with Crippen LogP contribution in [0.1, 0.15) is 44.1 Å². The number of hydrogen-bond donors (Lipinski definition) is 2. The van der Waals surface area contributed by atoms with Crippen molar-refractivity contribution in [2.24, 2.45) is 11.3 Å². The minimum Gasteiger partial charge on any atom is -0.384 e. The summed E-state index contributed by atoms with van der Waals surface area (Å²) in [4.78, 5) is 18.7. The van der Waals surface area contributed by atoms with Crippen LogP contribution < -0.4 is 4.72 Å². The minimum atomic E-state index is -3.73. The van der Waals surface area contributed by atoms with Crippen LogP contribution in [0.4, 0.5) is 0 Å². The zero-order chi connectivity index (χ0) is 28.6. The molecular weight excluding hydrogens is 562 g/mol. The summed E-state index contributed by atoms with van der Waals surface area (Å²) in [6.45, 7) is 3.93. The van der Waals surface area contributed by atoms with Crippen molar-refractivity contribution in [2.45, 2.75) is 55.9 Å². The van der Waals surface area contributed by atoms with Gasteiger partial charge in [-0.25, -0.2) is 13.1 Å². The second-order valence-corrected chi connectivity index (χ2v) is 14.0. The first-order chi connectivity index (χ1) is 19.8. The Kier molecular flexibility index (Phi) is 8.17. The first kappa shape index (κ1) is 28.7. The Hall–Kier alpha value is -2.43. The number of hydrogen-bond acceptors (Lipinski definition) is 5. The van der Waals surface area contributed by atoms with E-state index in [9.17, 15) is 13.2 Å². The third-order valence-electron chi connectivity index (χ3n) is 9.20. The Labute approximate surface area is 246 Å².